The quantitative estimate of drug-likeness (QED) is 0.562. The molecule has 0 aliphatic carbocycles. The van der Waals surface area contributed by atoms with Gasteiger partial charge >= 0.3 is 0 Å². The van der Waals surface area contributed by atoms with E-state index in [4.69, 9.17) is 0 Å². The normalized spacial score (nSPS) is 14.0. The summed E-state index contributed by atoms with van der Waals surface area (Å²) in [5, 5.41) is 2.84. The molecule has 4 rings (SSSR count). The highest BCUT2D eigenvalue weighted by Gasteiger charge is 2.13. The van der Waals surface area contributed by atoms with Crippen molar-refractivity contribution in [2.45, 2.75) is 32.7 Å². The number of carbonyl (C=O) groups excluding carboxylic acids is 1. The number of nitrogens with one attached hydrogen (secondary N) is 1. The predicted molar refractivity (Wildman–Crippen MR) is 124 cm³/mol. The van der Waals surface area contributed by atoms with Crippen LogP contribution in [-0.2, 0) is 13.0 Å². The molecular formula is C27H29FN2O. The van der Waals surface area contributed by atoms with Gasteiger partial charge in [-0.1, -0.05) is 60.2 Å². The minimum Gasteiger partial charge on any atom is -0.352 e. The Hall–Kier alpha value is -2.98. The number of carbonyl (C=O) groups is 1. The van der Waals surface area contributed by atoms with E-state index in [0.29, 0.717) is 6.54 Å². The van der Waals surface area contributed by atoms with Gasteiger partial charge < -0.3 is 5.32 Å². The maximum absolute atomic E-state index is 14.6. The van der Waals surface area contributed by atoms with E-state index in [1.165, 1.54) is 43.1 Å². The van der Waals surface area contributed by atoms with Crippen molar-refractivity contribution in [3.63, 3.8) is 0 Å². The first-order chi connectivity index (χ1) is 15.1. The summed E-state index contributed by atoms with van der Waals surface area (Å²) in [6, 6.07) is 21.3. The maximum Gasteiger partial charge on any atom is 0.254 e. The van der Waals surface area contributed by atoms with E-state index in [0.717, 1.165) is 29.7 Å². The zero-order valence-electron chi connectivity index (χ0n) is 18.0. The lowest BCUT2D eigenvalue weighted by molar-refractivity contribution is 0.0950. The van der Waals surface area contributed by atoms with Crippen LogP contribution >= 0.6 is 0 Å². The van der Waals surface area contributed by atoms with Crippen molar-refractivity contribution in [1.29, 1.82) is 0 Å². The van der Waals surface area contributed by atoms with E-state index in [-0.39, 0.29) is 11.5 Å². The molecule has 0 radical (unpaired) electrons. The van der Waals surface area contributed by atoms with Crippen LogP contribution in [0.2, 0.25) is 0 Å². The summed E-state index contributed by atoms with van der Waals surface area (Å²) in [5.74, 6) is -0.875. The summed E-state index contributed by atoms with van der Waals surface area (Å²) < 4.78 is 14.6. The highest BCUT2D eigenvalue weighted by Crippen LogP contribution is 2.22. The van der Waals surface area contributed by atoms with Gasteiger partial charge in [0, 0.05) is 13.1 Å². The lowest BCUT2D eigenvalue weighted by Gasteiger charge is -2.14. The second-order valence-electron chi connectivity index (χ2n) is 8.37. The number of halogens is 1. The highest BCUT2D eigenvalue weighted by atomic mass is 19.1. The average Bonchev–Trinajstić information content (AvgIpc) is 3.28. The largest absolute Gasteiger partial charge is 0.352 e. The summed E-state index contributed by atoms with van der Waals surface area (Å²) in [6.07, 6.45) is 3.32. The second kappa shape index (κ2) is 9.88. The molecule has 0 saturated carbocycles. The molecule has 3 aromatic rings. The fourth-order valence-corrected chi connectivity index (χ4v) is 4.05. The van der Waals surface area contributed by atoms with Gasteiger partial charge in [-0.15, -0.1) is 0 Å². The van der Waals surface area contributed by atoms with E-state index in [2.05, 4.69) is 34.5 Å². The molecule has 1 aliphatic rings. The van der Waals surface area contributed by atoms with Crippen molar-refractivity contribution in [3.05, 3.63) is 94.8 Å². The third-order valence-electron chi connectivity index (χ3n) is 5.93. The third kappa shape index (κ3) is 5.59. The summed E-state index contributed by atoms with van der Waals surface area (Å²) in [5.41, 5.74) is 5.43. The molecular weight excluding hydrogens is 387 g/mol. The monoisotopic (exact) mass is 416 g/mol. The molecule has 1 aliphatic heterocycles. The molecule has 4 heteroatoms. The van der Waals surface area contributed by atoms with Crippen LogP contribution in [0, 0.1) is 12.7 Å². The zero-order valence-corrected chi connectivity index (χ0v) is 18.0. The molecule has 0 bridgehead atoms. The van der Waals surface area contributed by atoms with Gasteiger partial charge in [-0.3, -0.25) is 9.69 Å². The van der Waals surface area contributed by atoms with Gasteiger partial charge in [-0.25, -0.2) is 4.39 Å². The van der Waals surface area contributed by atoms with Crippen LogP contribution in [0.3, 0.4) is 0 Å². The Labute approximate surface area is 183 Å². The Morgan fingerprint density at radius 1 is 0.903 bits per heavy atom. The molecule has 0 unspecified atom stereocenters. The lowest BCUT2D eigenvalue weighted by Crippen LogP contribution is -2.26. The topological polar surface area (TPSA) is 32.3 Å². The van der Waals surface area contributed by atoms with Crippen LogP contribution in [0.5, 0.6) is 0 Å². The molecule has 1 N–H and O–H groups in total. The first kappa shape index (κ1) is 21.3. The Morgan fingerprint density at radius 2 is 1.55 bits per heavy atom. The van der Waals surface area contributed by atoms with Gasteiger partial charge in [0.15, 0.2) is 0 Å². The van der Waals surface area contributed by atoms with Crippen LogP contribution in [-0.4, -0.2) is 30.4 Å². The number of benzene rings is 3. The Balaban J connectivity index is 1.29. The molecule has 3 aromatic carbocycles. The van der Waals surface area contributed by atoms with Gasteiger partial charge in [0.05, 0.1) is 5.56 Å². The Kier molecular flexibility index (Phi) is 6.78. The number of amides is 1. The number of likely N-dealkylation sites (tertiary alicyclic amines) is 1. The van der Waals surface area contributed by atoms with Crippen molar-refractivity contribution in [3.8, 4) is 11.1 Å². The summed E-state index contributed by atoms with van der Waals surface area (Å²) in [7, 11) is 0. The zero-order chi connectivity index (χ0) is 21.6. The van der Waals surface area contributed by atoms with Crippen LogP contribution in [0.4, 0.5) is 4.39 Å². The highest BCUT2D eigenvalue weighted by molar-refractivity contribution is 5.95. The lowest BCUT2D eigenvalue weighted by atomic mass is 10.0. The Bertz CT molecular complexity index is 1020. The predicted octanol–water partition coefficient (Wildman–Crippen LogP) is 5.37. The van der Waals surface area contributed by atoms with Gasteiger partial charge in [-0.05, 0) is 73.7 Å². The van der Waals surface area contributed by atoms with E-state index in [9.17, 15) is 9.18 Å². The molecule has 160 valence electrons. The van der Waals surface area contributed by atoms with E-state index >= 15 is 0 Å². The third-order valence-corrected chi connectivity index (χ3v) is 5.93. The van der Waals surface area contributed by atoms with Crippen LogP contribution < -0.4 is 5.32 Å². The van der Waals surface area contributed by atoms with Crippen LogP contribution in [0.25, 0.3) is 11.1 Å². The SMILES string of the molecule is Cc1ccc(-c2ccc(C(=O)NCCc3ccc(CN4CCCC4)cc3)c(F)c2)cc1. The smallest absolute Gasteiger partial charge is 0.254 e. The first-order valence-electron chi connectivity index (χ1n) is 11.0. The molecule has 3 nitrogen and oxygen atoms in total. The van der Waals surface area contributed by atoms with Gasteiger partial charge in [0.1, 0.15) is 5.82 Å². The van der Waals surface area contributed by atoms with Crippen LogP contribution in [0.15, 0.2) is 66.7 Å². The van der Waals surface area contributed by atoms with Crippen molar-refractivity contribution in [1.82, 2.24) is 10.2 Å². The molecule has 1 fully saturated rings. The van der Waals surface area contributed by atoms with Crippen molar-refractivity contribution < 1.29 is 9.18 Å². The summed E-state index contributed by atoms with van der Waals surface area (Å²) >= 11 is 0. The molecule has 1 heterocycles. The summed E-state index contributed by atoms with van der Waals surface area (Å²) in [6.45, 7) is 5.88. The van der Waals surface area contributed by atoms with E-state index in [1.54, 1.807) is 12.1 Å². The van der Waals surface area contributed by atoms with E-state index < -0.39 is 5.82 Å². The fourth-order valence-electron chi connectivity index (χ4n) is 4.05. The minimum atomic E-state index is -0.498. The summed E-state index contributed by atoms with van der Waals surface area (Å²) in [4.78, 5) is 14.9. The van der Waals surface area contributed by atoms with E-state index in [1.807, 2.05) is 31.2 Å². The molecule has 1 saturated heterocycles. The first-order valence-corrected chi connectivity index (χ1v) is 11.0. The Morgan fingerprint density at radius 3 is 2.23 bits per heavy atom. The number of hydrogen-bond donors (Lipinski definition) is 1. The number of rotatable bonds is 7. The number of aryl methyl sites for hydroxylation is 1. The average molecular weight is 417 g/mol. The number of nitrogens with zero attached hydrogens (tertiary/aromatic N) is 1. The standard InChI is InChI=1S/C27H29FN2O/c1-20-4-10-23(11-5-20)24-12-13-25(26(28)18-24)27(31)29-15-14-21-6-8-22(9-7-21)19-30-16-2-3-17-30/h4-13,18H,2-3,14-17,19H2,1H3,(H,29,31). The van der Waals surface area contributed by atoms with Gasteiger partial charge in [-0.2, -0.15) is 0 Å². The maximum atomic E-state index is 14.6. The molecule has 0 aromatic heterocycles. The van der Waals surface area contributed by atoms with Gasteiger partial charge in [0.2, 0.25) is 0 Å². The molecule has 0 spiro atoms. The molecule has 0 atom stereocenters. The van der Waals surface area contributed by atoms with Crippen molar-refractivity contribution in [2.75, 3.05) is 19.6 Å². The van der Waals surface area contributed by atoms with Gasteiger partial charge in [0.25, 0.3) is 5.91 Å². The van der Waals surface area contributed by atoms with Crippen molar-refractivity contribution in [2.24, 2.45) is 0 Å². The van der Waals surface area contributed by atoms with Crippen LogP contribution in [0.1, 0.15) is 39.9 Å². The number of hydrogen-bond acceptors (Lipinski definition) is 2. The molecule has 1 amide bonds. The second-order valence-corrected chi connectivity index (χ2v) is 8.37. The minimum absolute atomic E-state index is 0.0804. The fraction of sp³-hybridized carbons (Fsp3) is 0.296. The van der Waals surface area contributed by atoms with Crippen molar-refractivity contribution >= 4 is 5.91 Å². The molecule has 31 heavy (non-hydrogen) atoms.